The Balaban J connectivity index is 1.91. The van der Waals surface area contributed by atoms with E-state index in [4.69, 9.17) is 18.9 Å². The first kappa shape index (κ1) is 22.6. The van der Waals surface area contributed by atoms with E-state index in [1.165, 1.54) is 43.2 Å². The highest BCUT2D eigenvalue weighted by molar-refractivity contribution is 5.43. The summed E-state index contributed by atoms with van der Waals surface area (Å²) in [6, 6.07) is 17.1. The Morgan fingerprint density at radius 1 is 0.700 bits per heavy atom. The fraction of sp³-hybridized carbons (Fsp3) is 0.538. The van der Waals surface area contributed by atoms with Gasteiger partial charge in [0.15, 0.2) is 12.6 Å². The molecular formula is C26H36O4. The van der Waals surface area contributed by atoms with Gasteiger partial charge < -0.3 is 18.9 Å². The molecule has 4 heteroatoms. The van der Waals surface area contributed by atoms with Crippen LogP contribution in [0.5, 0.6) is 11.5 Å². The molecule has 0 spiro atoms. The molecule has 2 unspecified atom stereocenters. The van der Waals surface area contributed by atoms with Crippen LogP contribution in [-0.4, -0.2) is 26.8 Å². The molecule has 2 aromatic carbocycles. The van der Waals surface area contributed by atoms with Gasteiger partial charge in [0.05, 0.1) is 0 Å². The molecule has 0 aliphatic heterocycles. The number of rotatable bonds is 9. The average molecular weight is 413 g/mol. The van der Waals surface area contributed by atoms with Crippen LogP contribution >= 0.6 is 0 Å². The quantitative estimate of drug-likeness (QED) is 0.452. The Morgan fingerprint density at radius 2 is 1.10 bits per heavy atom. The van der Waals surface area contributed by atoms with E-state index in [1.807, 2.05) is 13.8 Å². The predicted molar refractivity (Wildman–Crippen MR) is 120 cm³/mol. The zero-order valence-electron chi connectivity index (χ0n) is 19.0. The molecule has 0 N–H and O–H groups in total. The van der Waals surface area contributed by atoms with E-state index in [2.05, 4.69) is 55.5 Å². The van der Waals surface area contributed by atoms with Gasteiger partial charge in [0.2, 0.25) is 0 Å². The second-order valence-electron chi connectivity index (χ2n) is 8.43. The third-order valence-electron chi connectivity index (χ3n) is 6.60. The van der Waals surface area contributed by atoms with Gasteiger partial charge in [-0.05, 0) is 68.0 Å². The summed E-state index contributed by atoms with van der Waals surface area (Å²) in [6.07, 6.45) is 5.95. The minimum Gasteiger partial charge on any atom is -0.465 e. The fourth-order valence-corrected chi connectivity index (χ4v) is 4.56. The van der Waals surface area contributed by atoms with Gasteiger partial charge in [-0.2, -0.15) is 0 Å². The summed E-state index contributed by atoms with van der Waals surface area (Å²) in [6.45, 7) is 6.19. The lowest BCUT2D eigenvalue weighted by atomic mass is 9.63. The summed E-state index contributed by atoms with van der Waals surface area (Å²) in [7, 11) is 3.31. The molecule has 0 amide bonds. The predicted octanol–water partition coefficient (Wildman–Crippen LogP) is 6.32. The molecule has 0 bridgehead atoms. The number of methoxy groups -OCH3 is 2. The van der Waals surface area contributed by atoms with Gasteiger partial charge in [-0.15, -0.1) is 0 Å². The Labute approximate surface area is 181 Å². The molecule has 0 saturated heterocycles. The molecule has 3 rings (SSSR count). The van der Waals surface area contributed by atoms with Crippen LogP contribution in [-0.2, 0) is 14.9 Å². The first-order valence-electron chi connectivity index (χ1n) is 11.1. The van der Waals surface area contributed by atoms with E-state index in [1.54, 1.807) is 14.2 Å². The Hall–Kier alpha value is -2.04. The molecule has 0 aromatic heterocycles. The van der Waals surface area contributed by atoms with Crippen LogP contribution < -0.4 is 9.47 Å². The standard InChI is InChI=1S/C26H36O4/c1-19(27-4)29-24-15-11-22(12-16-24)26(3,21-9-7-6-8-10-21)23-13-17-25(18-14-23)30-20(2)28-5/h11-21H,6-10H2,1-5H3. The molecule has 1 fully saturated rings. The van der Waals surface area contributed by atoms with E-state index in [-0.39, 0.29) is 18.0 Å². The third-order valence-corrected chi connectivity index (χ3v) is 6.60. The highest BCUT2D eigenvalue weighted by Gasteiger charge is 2.38. The van der Waals surface area contributed by atoms with E-state index in [0.717, 1.165) is 11.5 Å². The van der Waals surface area contributed by atoms with Crippen LogP contribution in [0.1, 0.15) is 64.0 Å². The van der Waals surface area contributed by atoms with Crippen LogP contribution in [0.15, 0.2) is 48.5 Å². The van der Waals surface area contributed by atoms with Gasteiger partial charge >= 0.3 is 0 Å². The van der Waals surface area contributed by atoms with E-state index < -0.39 is 0 Å². The van der Waals surface area contributed by atoms with Crippen molar-refractivity contribution in [1.29, 1.82) is 0 Å². The van der Waals surface area contributed by atoms with Crippen molar-refractivity contribution < 1.29 is 18.9 Å². The van der Waals surface area contributed by atoms with Crippen LogP contribution in [0, 0.1) is 5.92 Å². The Kier molecular flexibility index (Phi) is 7.79. The number of ether oxygens (including phenoxy) is 4. The van der Waals surface area contributed by atoms with Crippen molar-refractivity contribution in [3.63, 3.8) is 0 Å². The lowest BCUT2D eigenvalue weighted by Crippen LogP contribution is -2.35. The molecule has 0 radical (unpaired) electrons. The van der Waals surface area contributed by atoms with Gasteiger partial charge in [0, 0.05) is 19.6 Å². The summed E-state index contributed by atoms with van der Waals surface area (Å²) in [4.78, 5) is 0. The van der Waals surface area contributed by atoms with Crippen LogP contribution in [0.4, 0.5) is 0 Å². The van der Waals surface area contributed by atoms with Crippen molar-refractivity contribution in [1.82, 2.24) is 0 Å². The van der Waals surface area contributed by atoms with Crippen LogP contribution in [0.2, 0.25) is 0 Å². The van der Waals surface area contributed by atoms with Gasteiger partial charge in [0.1, 0.15) is 11.5 Å². The first-order chi connectivity index (χ1) is 14.5. The number of benzene rings is 2. The minimum atomic E-state index is -0.261. The normalized spacial score (nSPS) is 19.0. The maximum Gasteiger partial charge on any atom is 0.196 e. The summed E-state index contributed by atoms with van der Waals surface area (Å²) in [5.41, 5.74) is 2.59. The van der Waals surface area contributed by atoms with E-state index in [9.17, 15) is 0 Å². The zero-order valence-corrected chi connectivity index (χ0v) is 19.0. The highest BCUT2D eigenvalue weighted by Crippen LogP contribution is 2.46. The summed E-state index contributed by atoms with van der Waals surface area (Å²) >= 11 is 0. The summed E-state index contributed by atoms with van der Waals surface area (Å²) < 4.78 is 22.0. The second-order valence-corrected chi connectivity index (χ2v) is 8.43. The SMILES string of the molecule is COC(C)Oc1ccc(C(C)(c2ccc(OC(C)OC)cc2)C2CCCCC2)cc1. The zero-order chi connectivity index (χ0) is 21.6. The molecule has 2 atom stereocenters. The maximum atomic E-state index is 5.80. The van der Waals surface area contributed by atoms with Crippen molar-refractivity contribution >= 4 is 0 Å². The molecule has 1 saturated carbocycles. The number of hydrogen-bond donors (Lipinski definition) is 0. The van der Waals surface area contributed by atoms with Crippen molar-refractivity contribution in [2.24, 2.45) is 5.92 Å². The van der Waals surface area contributed by atoms with Crippen LogP contribution in [0.25, 0.3) is 0 Å². The molecule has 164 valence electrons. The van der Waals surface area contributed by atoms with Gasteiger partial charge in [-0.1, -0.05) is 50.5 Å². The molecule has 1 aliphatic carbocycles. The van der Waals surface area contributed by atoms with Gasteiger partial charge in [-0.3, -0.25) is 0 Å². The molecular weight excluding hydrogens is 376 g/mol. The maximum absolute atomic E-state index is 5.80. The van der Waals surface area contributed by atoms with Crippen molar-refractivity contribution in [3.05, 3.63) is 59.7 Å². The molecule has 1 aliphatic rings. The largest absolute Gasteiger partial charge is 0.465 e. The minimum absolute atomic E-state index is 0.0583. The average Bonchev–Trinajstić information content (AvgIpc) is 2.80. The van der Waals surface area contributed by atoms with Gasteiger partial charge in [-0.25, -0.2) is 0 Å². The third kappa shape index (κ3) is 5.16. The van der Waals surface area contributed by atoms with E-state index >= 15 is 0 Å². The molecule has 2 aromatic rings. The molecule has 30 heavy (non-hydrogen) atoms. The highest BCUT2D eigenvalue weighted by atomic mass is 16.7. The Bertz CT molecular complexity index is 707. The van der Waals surface area contributed by atoms with Crippen molar-refractivity contribution in [2.45, 2.75) is 70.9 Å². The van der Waals surface area contributed by atoms with Gasteiger partial charge in [0.25, 0.3) is 0 Å². The fourth-order valence-electron chi connectivity index (χ4n) is 4.56. The summed E-state index contributed by atoms with van der Waals surface area (Å²) in [5.74, 6) is 2.27. The van der Waals surface area contributed by atoms with Crippen molar-refractivity contribution in [2.75, 3.05) is 14.2 Å². The topological polar surface area (TPSA) is 36.9 Å². The monoisotopic (exact) mass is 412 g/mol. The van der Waals surface area contributed by atoms with Crippen molar-refractivity contribution in [3.8, 4) is 11.5 Å². The van der Waals surface area contributed by atoms with E-state index in [0.29, 0.717) is 5.92 Å². The smallest absolute Gasteiger partial charge is 0.196 e. The summed E-state index contributed by atoms with van der Waals surface area (Å²) in [5, 5.41) is 0. The Morgan fingerprint density at radius 3 is 1.47 bits per heavy atom. The lowest BCUT2D eigenvalue weighted by Gasteiger charge is -2.41. The molecule has 0 heterocycles. The first-order valence-corrected chi connectivity index (χ1v) is 11.1. The number of hydrogen-bond acceptors (Lipinski definition) is 4. The lowest BCUT2D eigenvalue weighted by molar-refractivity contribution is -0.0385. The van der Waals surface area contributed by atoms with Crippen LogP contribution in [0.3, 0.4) is 0 Å². The second kappa shape index (κ2) is 10.3. The molecule has 4 nitrogen and oxygen atoms in total.